The molecular formula is C10H17N7. The number of hydrogen-bond acceptors (Lipinski definition) is 7. The molecule has 1 rings (SSSR count). The summed E-state index contributed by atoms with van der Waals surface area (Å²) in [7, 11) is 1.95. The van der Waals surface area contributed by atoms with Gasteiger partial charge in [-0.05, 0) is 27.2 Å². The van der Waals surface area contributed by atoms with E-state index in [1.54, 1.807) is 0 Å². The van der Waals surface area contributed by atoms with Crippen LogP contribution in [0.3, 0.4) is 0 Å². The first-order chi connectivity index (χ1) is 8.07. The number of aromatic nitrogens is 3. The Morgan fingerprint density at radius 2 is 1.12 bits per heavy atom. The van der Waals surface area contributed by atoms with E-state index >= 15 is 0 Å². The Morgan fingerprint density at radius 3 is 1.24 bits per heavy atom. The maximum absolute atomic E-state index is 3.75. The van der Waals surface area contributed by atoms with Crippen LogP contribution in [0.15, 0.2) is 15.0 Å². The van der Waals surface area contributed by atoms with Gasteiger partial charge in [-0.1, -0.05) is 13.8 Å². The molecule has 0 atom stereocenters. The van der Waals surface area contributed by atoms with Crippen LogP contribution in [0.2, 0.25) is 0 Å². The summed E-state index contributed by atoms with van der Waals surface area (Å²) >= 11 is 0. The first-order valence-electron chi connectivity index (χ1n) is 4.90. The van der Waals surface area contributed by atoms with Crippen molar-refractivity contribution in [3.05, 3.63) is 0 Å². The smallest absolute Gasteiger partial charge is 0.255 e. The fraction of sp³-hybridized carbons (Fsp3) is 0.400. The molecule has 1 heterocycles. The standard InChI is InChI=1S/C6H6N6.C4H11N/c1-7-4-10-5(8-2)12-6(9-3)11-4;1-4(2)5-3/h1-3H2;4-5H,1-3H3. The lowest BCUT2D eigenvalue weighted by molar-refractivity contribution is 0.668. The Hall–Kier alpha value is -2.02. The summed E-state index contributed by atoms with van der Waals surface area (Å²) in [5.41, 5.74) is 0. The molecule has 0 saturated carbocycles. The van der Waals surface area contributed by atoms with E-state index in [2.05, 4.69) is 69.2 Å². The number of aliphatic imine (C=N–C) groups is 3. The summed E-state index contributed by atoms with van der Waals surface area (Å²) in [6.45, 7) is 14.0. The third-order valence-electron chi connectivity index (χ3n) is 1.60. The summed E-state index contributed by atoms with van der Waals surface area (Å²) in [5, 5.41) is 3.03. The average Bonchev–Trinajstić information content (AvgIpc) is 2.38. The highest BCUT2D eigenvalue weighted by Gasteiger charge is 2.00. The van der Waals surface area contributed by atoms with Gasteiger partial charge < -0.3 is 5.32 Å². The zero-order chi connectivity index (χ0) is 13.3. The zero-order valence-corrected chi connectivity index (χ0v) is 10.4. The lowest BCUT2D eigenvalue weighted by atomic mass is 10.4. The molecule has 0 aliphatic rings. The maximum Gasteiger partial charge on any atom is 0.255 e. The predicted molar refractivity (Wildman–Crippen MR) is 71.6 cm³/mol. The second kappa shape index (κ2) is 8.17. The molecule has 1 N–H and O–H groups in total. The van der Waals surface area contributed by atoms with Crippen LogP contribution in [0, 0.1) is 0 Å². The normalized spacial score (nSPS) is 9.18. The van der Waals surface area contributed by atoms with Gasteiger partial charge in [-0.3, -0.25) is 0 Å². The predicted octanol–water partition coefficient (Wildman–Crippen LogP) is 1.48. The van der Waals surface area contributed by atoms with Crippen LogP contribution in [0.5, 0.6) is 0 Å². The molecule has 0 bridgehead atoms. The van der Waals surface area contributed by atoms with Crippen LogP contribution in [0.4, 0.5) is 17.8 Å². The summed E-state index contributed by atoms with van der Waals surface area (Å²) in [4.78, 5) is 21.8. The molecule has 0 aromatic carbocycles. The van der Waals surface area contributed by atoms with Gasteiger partial charge in [0.25, 0.3) is 17.8 Å². The van der Waals surface area contributed by atoms with E-state index in [1.807, 2.05) is 7.05 Å². The molecule has 0 radical (unpaired) electrons. The van der Waals surface area contributed by atoms with Gasteiger partial charge in [-0.2, -0.15) is 15.0 Å². The Labute approximate surface area is 101 Å². The molecule has 0 saturated heterocycles. The van der Waals surface area contributed by atoms with Gasteiger partial charge >= 0.3 is 0 Å². The van der Waals surface area contributed by atoms with Crippen LogP contribution in [0.25, 0.3) is 0 Å². The molecule has 0 amide bonds. The second-order valence-electron chi connectivity index (χ2n) is 3.15. The van der Waals surface area contributed by atoms with Crippen molar-refractivity contribution in [1.29, 1.82) is 0 Å². The van der Waals surface area contributed by atoms with Gasteiger partial charge in [0.15, 0.2) is 0 Å². The average molecular weight is 235 g/mol. The fourth-order valence-electron chi connectivity index (χ4n) is 0.555. The largest absolute Gasteiger partial charge is 0.318 e. The van der Waals surface area contributed by atoms with Crippen LogP contribution in [-0.2, 0) is 0 Å². The van der Waals surface area contributed by atoms with E-state index in [9.17, 15) is 0 Å². The monoisotopic (exact) mass is 235 g/mol. The van der Waals surface area contributed by atoms with E-state index in [1.165, 1.54) is 0 Å². The molecule has 17 heavy (non-hydrogen) atoms. The SMILES string of the molecule is C=Nc1nc(N=C)nc(N=C)n1.CNC(C)C. The zero-order valence-electron chi connectivity index (χ0n) is 10.4. The van der Waals surface area contributed by atoms with Crippen molar-refractivity contribution in [1.82, 2.24) is 20.3 Å². The molecule has 92 valence electrons. The Bertz CT molecular complexity index is 321. The van der Waals surface area contributed by atoms with E-state index in [-0.39, 0.29) is 17.8 Å². The molecule has 0 fully saturated rings. The molecule has 7 nitrogen and oxygen atoms in total. The molecule has 0 spiro atoms. The molecule has 1 aromatic rings. The van der Waals surface area contributed by atoms with Crippen LogP contribution < -0.4 is 5.32 Å². The van der Waals surface area contributed by atoms with E-state index in [0.717, 1.165) is 0 Å². The minimum atomic E-state index is 0.162. The van der Waals surface area contributed by atoms with Crippen molar-refractivity contribution in [3.8, 4) is 0 Å². The van der Waals surface area contributed by atoms with E-state index < -0.39 is 0 Å². The van der Waals surface area contributed by atoms with E-state index in [0.29, 0.717) is 6.04 Å². The van der Waals surface area contributed by atoms with Crippen molar-refractivity contribution in [2.45, 2.75) is 19.9 Å². The van der Waals surface area contributed by atoms with E-state index in [4.69, 9.17) is 0 Å². The van der Waals surface area contributed by atoms with Gasteiger partial charge in [-0.15, -0.1) is 0 Å². The lowest BCUT2D eigenvalue weighted by Crippen LogP contribution is -2.15. The van der Waals surface area contributed by atoms with Gasteiger partial charge in [0.1, 0.15) is 0 Å². The molecule has 7 heteroatoms. The first-order valence-corrected chi connectivity index (χ1v) is 4.90. The van der Waals surface area contributed by atoms with Gasteiger partial charge in [0, 0.05) is 6.04 Å². The number of rotatable bonds is 4. The quantitative estimate of drug-likeness (QED) is 0.801. The number of nitrogens with one attached hydrogen (secondary N) is 1. The Kier molecular flexibility index (Phi) is 7.20. The Morgan fingerprint density at radius 1 is 0.882 bits per heavy atom. The minimum absolute atomic E-state index is 0.162. The fourth-order valence-corrected chi connectivity index (χ4v) is 0.555. The molecule has 1 aromatic heterocycles. The summed E-state index contributed by atoms with van der Waals surface area (Å²) in [5.74, 6) is 0.486. The van der Waals surface area contributed by atoms with Crippen molar-refractivity contribution in [2.75, 3.05) is 7.05 Å². The molecular weight excluding hydrogens is 218 g/mol. The second-order valence-corrected chi connectivity index (χ2v) is 3.15. The topological polar surface area (TPSA) is 87.8 Å². The maximum atomic E-state index is 3.75. The number of hydrogen-bond donors (Lipinski definition) is 1. The van der Waals surface area contributed by atoms with Crippen molar-refractivity contribution in [2.24, 2.45) is 15.0 Å². The lowest BCUT2D eigenvalue weighted by Gasteiger charge is -1.95. The third-order valence-corrected chi connectivity index (χ3v) is 1.60. The molecule has 0 unspecified atom stereocenters. The summed E-state index contributed by atoms with van der Waals surface area (Å²) in [6, 6.07) is 0.634. The van der Waals surface area contributed by atoms with Gasteiger partial charge in [-0.25, -0.2) is 15.0 Å². The van der Waals surface area contributed by atoms with Crippen LogP contribution >= 0.6 is 0 Å². The van der Waals surface area contributed by atoms with Crippen molar-refractivity contribution >= 4 is 38.0 Å². The Balaban J connectivity index is 0.000000437. The molecule has 0 aliphatic heterocycles. The number of nitrogens with zero attached hydrogens (tertiary/aromatic N) is 6. The first kappa shape index (κ1) is 15.0. The third kappa shape index (κ3) is 6.21. The van der Waals surface area contributed by atoms with Crippen LogP contribution in [0.1, 0.15) is 13.8 Å². The highest BCUT2D eigenvalue weighted by molar-refractivity contribution is 5.44. The molecule has 0 aliphatic carbocycles. The highest BCUT2D eigenvalue weighted by atomic mass is 15.2. The van der Waals surface area contributed by atoms with Gasteiger partial charge in [0.05, 0.1) is 0 Å². The van der Waals surface area contributed by atoms with Crippen LogP contribution in [-0.4, -0.2) is 48.2 Å². The van der Waals surface area contributed by atoms with Crippen molar-refractivity contribution < 1.29 is 0 Å². The highest BCUT2D eigenvalue weighted by Crippen LogP contribution is 2.13. The van der Waals surface area contributed by atoms with Crippen molar-refractivity contribution in [3.63, 3.8) is 0 Å². The minimum Gasteiger partial charge on any atom is -0.318 e. The summed E-state index contributed by atoms with van der Waals surface area (Å²) in [6.07, 6.45) is 0. The summed E-state index contributed by atoms with van der Waals surface area (Å²) < 4.78 is 0. The van der Waals surface area contributed by atoms with Gasteiger partial charge in [0.2, 0.25) is 0 Å².